The van der Waals surface area contributed by atoms with Gasteiger partial charge in [-0.3, -0.25) is 4.79 Å². The molecule has 27 heavy (non-hydrogen) atoms. The number of rotatable bonds is 2. The van der Waals surface area contributed by atoms with Gasteiger partial charge in [0.25, 0.3) is 0 Å². The predicted molar refractivity (Wildman–Crippen MR) is 115 cm³/mol. The number of thiophene rings is 1. The van der Waals surface area contributed by atoms with Gasteiger partial charge < -0.3 is 0 Å². The first-order valence-electron chi connectivity index (χ1n) is 10.0. The fraction of sp³-hybridized carbons (Fsp3) is 0.320. The lowest BCUT2D eigenvalue weighted by atomic mass is 9.90. The average molecular weight is 375 g/mol. The quantitative estimate of drug-likeness (QED) is 0.441. The lowest BCUT2D eigenvalue weighted by Gasteiger charge is -2.15. The summed E-state index contributed by atoms with van der Waals surface area (Å²) in [7, 11) is 0. The highest BCUT2D eigenvalue weighted by Gasteiger charge is 2.17. The normalized spacial score (nSPS) is 14.7. The molecule has 0 fully saturated rings. The zero-order valence-corrected chi connectivity index (χ0v) is 16.8. The Balaban J connectivity index is 1.78. The highest BCUT2D eigenvalue weighted by atomic mass is 32.1. The van der Waals surface area contributed by atoms with Crippen LogP contribution in [0.5, 0.6) is 0 Å². The number of ketones is 1. The second-order valence-corrected chi connectivity index (χ2v) is 8.47. The van der Waals surface area contributed by atoms with Crippen LogP contribution >= 0.6 is 11.3 Å². The van der Waals surface area contributed by atoms with Crippen molar-refractivity contribution in [2.75, 3.05) is 0 Å². The maximum Gasteiger partial charge on any atom is 0.203 e. The SMILES string of the molecule is Cc1ccsc1C(=O)c1ccc2c(c1)CCCCCCCc1ccccc1-2. The van der Waals surface area contributed by atoms with Crippen molar-refractivity contribution in [3.05, 3.63) is 81.0 Å². The van der Waals surface area contributed by atoms with Gasteiger partial charge in [-0.1, -0.05) is 55.7 Å². The van der Waals surface area contributed by atoms with Crippen LogP contribution in [0.1, 0.15) is 64.0 Å². The Morgan fingerprint density at radius 2 is 1.52 bits per heavy atom. The third kappa shape index (κ3) is 3.91. The summed E-state index contributed by atoms with van der Waals surface area (Å²) in [6.45, 7) is 2.02. The van der Waals surface area contributed by atoms with Crippen molar-refractivity contribution in [1.82, 2.24) is 0 Å². The number of benzene rings is 2. The minimum Gasteiger partial charge on any atom is -0.288 e. The first kappa shape index (κ1) is 18.2. The van der Waals surface area contributed by atoms with E-state index < -0.39 is 0 Å². The van der Waals surface area contributed by atoms with Gasteiger partial charge in [-0.05, 0) is 77.9 Å². The Labute approximate surface area is 166 Å². The molecule has 138 valence electrons. The fourth-order valence-corrected chi connectivity index (χ4v) is 4.99. The van der Waals surface area contributed by atoms with Gasteiger partial charge in [0, 0.05) is 5.56 Å². The second kappa shape index (κ2) is 8.22. The zero-order valence-electron chi connectivity index (χ0n) is 16.0. The molecule has 0 amide bonds. The van der Waals surface area contributed by atoms with E-state index in [9.17, 15) is 4.79 Å². The number of aryl methyl sites for hydroxylation is 3. The molecular weight excluding hydrogens is 348 g/mol. The highest BCUT2D eigenvalue weighted by Crippen LogP contribution is 2.32. The molecule has 0 aliphatic heterocycles. The Morgan fingerprint density at radius 1 is 0.815 bits per heavy atom. The Kier molecular flexibility index (Phi) is 5.54. The van der Waals surface area contributed by atoms with Crippen LogP contribution in [0.25, 0.3) is 11.1 Å². The molecule has 4 rings (SSSR count). The minimum atomic E-state index is 0.160. The van der Waals surface area contributed by atoms with Crippen LogP contribution in [0, 0.1) is 6.92 Å². The van der Waals surface area contributed by atoms with Crippen molar-refractivity contribution in [1.29, 1.82) is 0 Å². The van der Waals surface area contributed by atoms with E-state index in [1.54, 1.807) is 11.3 Å². The van der Waals surface area contributed by atoms with Crippen LogP contribution < -0.4 is 0 Å². The average Bonchev–Trinajstić information content (AvgIpc) is 3.11. The number of fused-ring (bicyclic) bond motifs is 3. The minimum absolute atomic E-state index is 0.160. The smallest absolute Gasteiger partial charge is 0.203 e. The van der Waals surface area contributed by atoms with E-state index in [-0.39, 0.29) is 5.78 Å². The molecule has 1 aliphatic rings. The van der Waals surface area contributed by atoms with E-state index in [0.29, 0.717) is 0 Å². The van der Waals surface area contributed by atoms with Crippen LogP contribution in [-0.2, 0) is 12.8 Å². The molecule has 0 bridgehead atoms. The van der Waals surface area contributed by atoms with Crippen molar-refractivity contribution in [3.63, 3.8) is 0 Å². The van der Waals surface area contributed by atoms with Gasteiger partial charge in [-0.25, -0.2) is 0 Å². The van der Waals surface area contributed by atoms with Crippen molar-refractivity contribution in [2.24, 2.45) is 0 Å². The van der Waals surface area contributed by atoms with Gasteiger partial charge in [0.1, 0.15) is 0 Å². The third-order valence-corrected chi connectivity index (χ3v) is 6.65. The van der Waals surface area contributed by atoms with Crippen LogP contribution in [0.15, 0.2) is 53.9 Å². The van der Waals surface area contributed by atoms with E-state index >= 15 is 0 Å². The van der Waals surface area contributed by atoms with Crippen molar-refractivity contribution in [2.45, 2.75) is 51.9 Å². The van der Waals surface area contributed by atoms with Crippen LogP contribution in [0.3, 0.4) is 0 Å². The molecule has 0 radical (unpaired) electrons. The maximum absolute atomic E-state index is 13.0. The molecule has 1 aliphatic carbocycles. The molecule has 1 aromatic heterocycles. The summed E-state index contributed by atoms with van der Waals surface area (Å²) < 4.78 is 0. The number of hydrogen-bond acceptors (Lipinski definition) is 2. The zero-order chi connectivity index (χ0) is 18.6. The van der Waals surface area contributed by atoms with Gasteiger partial charge in [0.2, 0.25) is 5.78 Å². The van der Waals surface area contributed by atoms with E-state index in [1.165, 1.54) is 54.4 Å². The summed E-state index contributed by atoms with van der Waals surface area (Å²) in [5.41, 5.74) is 7.32. The molecule has 0 saturated heterocycles. The summed E-state index contributed by atoms with van der Waals surface area (Å²) >= 11 is 1.55. The molecule has 3 aromatic rings. The van der Waals surface area contributed by atoms with Crippen molar-refractivity contribution in [3.8, 4) is 11.1 Å². The Morgan fingerprint density at radius 3 is 2.30 bits per heavy atom. The van der Waals surface area contributed by atoms with Gasteiger partial charge in [0.05, 0.1) is 4.88 Å². The van der Waals surface area contributed by atoms with Crippen molar-refractivity contribution < 1.29 is 4.79 Å². The fourth-order valence-electron chi connectivity index (χ4n) is 4.10. The van der Waals surface area contributed by atoms with Gasteiger partial charge in [-0.15, -0.1) is 11.3 Å². The van der Waals surface area contributed by atoms with Crippen molar-refractivity contribution >= 4 is 17.1 Å². The Hall–Kier alpha value is -2.19. The molecule has 0 saturated carbocycles. The lowest BCUT2D eigenvalue weighted by Crippen LogP contribution is -2.03. The van der Waals surface area contributed by atoms with Gasteiger partial charge >= 0.3 is 0 Å². The summed E-state index contributed by atoms with van der Waals surface area (Å²) in [4.78, 5) is 13.9. The van der Waals surface area contributed by atoms with Gasteiger partial charge in [0.15, 0.2) is 0 Å². The molecule has 1 nitrogen and oxygen atoms in total. The lowest BCUT2D eigenvalue weighted by molar-refractivity contribution is 0.104. The number of carbonyl (C=O) groups excluding carboxylic acids is 1. The Bertz CT molecular complexity index is 950. The van der Waals surface area contributed by atoms with Crippen LogP contribution in [0.4, 0.5) is 0 Å². The monoisotopic (exact) mass is 374 g/mol. The number of hydrogen-bond donors (Lipinski definition) is 0. The van der Waals surface area contributed by atoms with E-state index in [0.717, 1.165) is 28.8 Å². The summed E-state index contributed by atoms with van der Waals surface area (Å²) in [6, 6.07) is 17.2. The molecule has 1 heterocycles. The van der Waals surface area contributed by atoms with Gasteiger partial charge in [-0.2, -0.15) is 0 Å². The molecule has 0 unspecified atom stereocenters. The standard InChI is InChI=1S/C25H26OS/c1-18-15-16-27-25(18)24(26)21-13-14-23-20(17-21)11-6-4-2-3-5-9-19-10-7-8-12-22(19)23/h7-8,10,12-17H,2-6,9,11H2,1H3. The predicted octanol–water partition coefficient (Wildman–Crippen LogP) is 7.00. The van der Waals surface area contributed by atoms with Crippen LogP contribution in [-0.4, -0.2) is 5.78 Å². The number of carbonyl (C=O) groups is 1. The third-order valence-electron chi connectivity index (χ3n) is 5.64. The highest BCUT2D eigenvalue weighted by molar-refractivity contribution is 7.12. The molecule has 2 aromatic carbocycles. The van der Waals surface area contributed by atoms with Crippen LogP contribution in [0.2, 0.25) is 0 Å². The largest absolute Gasteiger partial charge is 0.288 e. The second-order valence-electron chi connectivity index (χ2n) is 7.56. The molecule has 0 spiro atoms. The maximum atomic E-state index is 13.0. The topological polar surface area (TPSA) is 17.1 Å². The van der Waals surface area contributed by atoms with E-state index in [1.807, 2.05) is 24.4 Å². The molecule has 2 heteroatoms. The summed E-state index contributed by atoms with van der Waals surface area (Å²) in [5.74, 6) is 0.160. The summed E-state index contributed by atoms with van der Waals surface area (Å²) in [5, 5.41) is 2.00. The first-order valence-corrected chi connectivity index (χ1v) is 10.9. The molecule has 0 N–H and O–H groups in total. The first-order chi connectivity index (χ1) is 13.2. The molecule has 0 atom stereocenters. The van der Waals surface area contributed by atoms with E-state index in [2.05, 4.69) is 36.4 Å². The van der Waals surface area contributed by atoms with E-state index in [4.69, 9.17) is 0 Å². The summed E-state index contributed by atoms with van der Waals surface area (Å²) in [6.07, 6.45) is 8.55. The molecular formula is C25H26OS.